The highest BCUT2D eigenvalue weighted by molar-refractivity contribution is 6.07. The summed E-state index contributed by atoms with van der Waals surface area (Å²) < 4.78 is 11.8. The van der Waals surface area contributed by atoms with Gasteiger partial charge in [0.1, 0.15) is 16.9 Å². The fraction of sp³-hybridized carbons (Fsp3) is 0.393. The van der Waals surface area contributed by atoms with Crippen molar-refractivity contribution in [2.75, 3.05) is 32.7 Å². The van der Waals surface area contributed by atoms with Gasteiger partial charge in [0.25, 0.3) is 0 Å². The summed E-state index contributed by atoms with van der Waals surface area (Å²) in [5.41, 5.74) is 5.13. The molecule has 0 N–H and O–H groups in total. The molecule has 0 bridgehead atoms. The molecule has 0 atom stereocenters. The Morgan fingerprint density at radius 1 is 1.00 bits per heavy atom. The number of pyridine rings is 1. The van der Waals surface area contributed by atoms with Gasteiger partial charge in [-0.15, -0.1) is 0 Å². The van der Waals surface area contributed by atoms with E-state index in [4.69, 9.17) is 8.83 Å². The molecule has 0 unspecified atom stereocenters. The van der Waals surface area contributed by atoms with E-state index in [1.807, 2.05) is 63.1 Å². The number of furan rings is 1. The van der Waals surface area contributed by atoms with Gasteiger partial charge in [-0.1, -0.05) is 6.07 Å². The number of hydrogen-bond acceptors (Lipinski definition) is 6. The first-order valence-electron chi connectivity index (χ1n) is 12.2. The van der Waals surface area contributed by atoms with Crippen LogP contribution in [0.3, 0.4) is 0 Å². The topological polar surface area (TPSA) is 79.8 Å². The lowest BCUT2D eigenvalue weighted by atomic mass is 9.98. The van der Waals surface area contributed by atoms with Gasteiger partial charge in [-0.05, 0) is 62.6 Å². The Bertz CT molecular complexity index is 1460. The minimum Gasteiger partial charge on any atom is -0.460 e. The third-order valence-electron chi connectivity index (χ3n) is 7.34. The summed E-state index contributed by atoms with van der Waals surface area (Å²) in [7, 11) is 0. The monoisotopic (exact) mass is 473 g/mol. The lowest BCUT2D eigenvalue weighted by Crippen LogP contribution is -2.49. The molecule has 3 aromatic heterocycles. The SMILES string of the molecule is Cc1oc2c(c(C)cc3oc(=O)c(CC(=O)N4CCN(CCc5ccccn5)CC4)c(C)c32)c1C. The van der Waals surface area contributed by atoms with Crippen LogP contribution in [0.4, 0.5) is 0 Å². The highest BCUT2D eigenvalue weighted by Crippen LogP contribution is 2.36. The van der Waals surface area contributed by atoms with Crippen LogP contribution in [0.25, 0.3) is 21.9 Å². The van der Waals surface area contributed by atoms with Crippen molar-refractivity contribution >= 4 is 27.8 Å². The van der Waals surface area contributed by atoms with E-state index in [2.05, 4.69) is 9.88 Å². The molecular formula is C28H31N3O4. The Balaban J connectivity index is 1.33. The molecule has 0 radical (unpaired) electrons. The molecule has 1 saturated heterocycles. The fourth-order valence-corrected chi connectivity index (χ4v) is 5.14. The fourth-order valence-electron chi connectivity index (χ4n) is 5.14. The van der Waals surface area contributed by atoms with E-state index in [1.165, 1.54) is 0 Å². The maximum absolute atomic E-state index is 13.2. The molecule has 4 aromatic rings. The number of hydrogen-bond donors (Lipinski definition) is 0. The lowest BCUT2D eigenvalue weighted by molar-refractivity contribution is -0.132. The van der Waals surface area contributed by atoms with Crippen molar-refractivity contribution in [3.63, 3.8) is 0 Å². The number of aryl methyl sites for hydroxylation is 4. The average Bonchev–Trinajstić information content (AvgIpc) is 3.15. The van der Waals surface area contributed by atoms with Crippen LogP contribution in [0.2, 0.25) is 0 Å². The van der Waals surface area contributed by atoms with Gasteiger partial charge in [-0.25, -0.2) is 4.79 Å². The van der Waals surface area contributed by atoms with Crippen molar-refractivity contribution in [3.05, 3.63) is 74.6 Å². The molecule has 1 fully saturated rings. The van der Waals surface area contributed by atoms with Crippen LogP contribution in [0.5, 0.6) is 0 Å². The summed E-state index contributed by atoms with van der Waals surface area (Å²) in [6, 6.07) is 7.86. The van der Waals surface area contributed by atoms with E-state index < -0.39 is 5.63 Å². The zero-order valence-electron chi connectivity index (χ0n) is 20.8. The van der Waals surface area contributed by atoms with Gasteiger partial charge >= 0.3 is 5.63 Å². The molecule has 1 aliphatic heterocycles. The minimum atomic E-state index is -0.448. The third-order valence-corrected chi connectivity index (χ3v) is 7.34. The summed E-state index contributed by atoms with van der Waals surface area (Å²) >= 11 is 0. The van der Waals surface area contributed by atoms with Gasteiger partial charge in [-0.3, -0.25) is 14.7 Å². The predicted molar refractivity (Wildman–Crippen MR) is 136 cm³/mol. The molecule has 7 nitrogen and oxygen atoms in total. The van der Waals surface area contributed by atoms with E-state index in [-0.39, 0.29) is 12.3 Å². The first-order chi connectivity index (χ1) is 16.8. The number of nitrogens with zero attached hydrogens (tertiary/aromatic N) is 3. The Hall–Kier alpha value is -3.45. The third kappa shape index (κ3) is 4.36. The second-order valence-corrected chi connectivity index (χ2v) is 9.52. The number of piperazine rings is 1. The van der Waals surface area contributed by atoms with Crippen LogP contribution in [0.15, 0.2) is 44.1 Å². The zero-order valence-corrected chi connectivity index (χ0v) is 20.8. The van der Waals surface area contributed by atoms with Crippen LogP contribution in [0, 0.1) is 27.7 Å². The van der Waals surface area contributed by atoms with Crippen molar-refractivity contribution in [2.24, 2.45) is 0 Å². The molecule has 182 valence electrons. The van der Waals surface area contributed by atoms with E-state index in [0.717, 1.165) is 70.6 Å². The van der Waals surface area contributed by atoms with Crippen molar-refractivity contribution in [2.45, 2.75) is 40.5 Å². The van der Waals surface area contributed by atoms with Gasteiger partial charge in [0.15, 0.2) is 0 Å². The second-order valence-electron chi connectivity index (χ2n) is 9.52. The van der Waals surface area contributed by atoms with E-state index >= 15 is 0 Å². The van der Waals surface area contributed by atoms with Gasteiger partial charge in [0.05, 0.1) is 17.4 Å². The van der Waals surface area contributed by atoms with Crippen molar-refractivity contribution in [1.29, 1.82) is 0 Å². The molecule has 1 aliphatic rings. The molecule has 0 aliphatic carbocycles. The second kappa shape index (κ2) is 9.30. The number of benzene rings is 1. The molecule has 35 heavy (non-hydrogen) atoms. The molecule has 1 amide bonds. The zero-order chi connectivity index (χ0) is 24.7. The van der Waals surface area contributed by atoms with Crippen LogP contribution < -0.4 is 5.63 Å². The summed E-state index contributed by atoms with van der Waals surface area (Å²) in [5.74, 6) is 0.805. The average molecular weight is 474 g/mol. The quantitative estimate of drug-likeness (QED) is 0.406. The number of carbonyl (C=O) groups excluding carboxylic acids is 1. The van der Waals surface area contributed by atoms with Gasteiger partial charge < -0.3 is 13.7 Å². The van der Waals surface area contributed by atoms with E-state index in [9.17, 15) is 9.59 Å². The first-order valence-corrected chi connectivity index (χ1v) is 12.2. The molecule has 0 spiro atoms. The van der Waals surface area contributed by atoms with Gasteiger partial charge in [-0.2, -0.15) is 0 Å². The highest BCUT2D eigenvalue weighted by Gasteiger charge is 2.25. The van der Waals surface area contributed by atoms with Gasteiger partial charge in [0.2, 0.25) is 5.91 Å². The van der Waals surface area contributed by atoms with Crippen LogP contribution in [-0.4, -0.2) is 53.4 Å². The van der Waals surface area contributed by atoms with Crippen LogP contribution >= 0.6 is 0 Å². The Kier molecular flexibility index (Phi) is 6.19. The van der Waals surface area contributed by atoms with E-state index in [1.54, 1.807) is 0 Å². The molecule has 4 heterocycles. The number of rotatable bonds is 5. The molecule has 0 saturated carbocycles. The van der Waals surface area contributed by atoms with Crippen molar-refractivity contribution < 1.29 is 13.6 Å². The first kappa shape index (κ1) is 23.3. The number of fused-ring (bicyclic) bond motifs is 3. The molecule has 7 heteroatoms. The van der Waals surface area contributed by atoms with Crippen molar-refractivity contribution in [1.82, 2.24) is 14.8 Å². The van der Waals surface area contributed by atoms with Crippen LogP contribution in [0.1, 0.15) is 33.7 Å². The maximum Gasteiger partial charge on any atom is 0.340 e. The number of amides is 1. The number of carbonyl (C=O) groups is 1. The summed E-state index contributed by atoms with van der Waals surface area (Å²) in [6.07, 6.45) is 2.75. The Morgan fingerprint density at radius 3 is 2.49 bits per heavy atom. The van der Waals surface area contributed by atoms with Crippen molar-refractivity contribution in [3.8, 4) is 0 Å². The smallest absolute Gasteiger partial charge is 0.340 e. The summed E-state index contributed by atoms with van der Waals surface area (Å²) in [5, 5.41) is 1.83. The summed E-state index contributed by atoms with van der Waals surface area (Å²) in [6.45, 7) is 11.7. The Labute approximate surface area is 204 Å². The van der Waals surface area contributed by atoms with E-state index in [0.29, 0.717) is 24.2 Å². The minimum absolute atomic E-state index is 0.0338. The molecule has 5 rings (SSSR count). The standard InChI is InChI=1S/C28H31N3O4/c1-17-15-23-26(27-25(17)18(2)20(4)34-27)19(3)22(28(33)35-23)16-24(32)31-13-11-30(12-14-31)10-8-21-7-5-6-9-29-21/h5-7,9,15H,8,10-14,16H2,1-4H3. The highest BCUT2D eigenvalue weighted by atomic mass is 16.4. The number of aromatic nitrogens is 1. The lowest BCUT2D eigenvalue weighted by Gasteiger charge is -2.34. The van der Waals surface area contributed by atoms with Crippen LogP contribution in [-0.2, 0) is 17.6 Å². The molecular weight excluding hydrogens is 442 g/mol. The largest absolute Gasteiger partial charge is 0.460 e. The normalized spacial score (nSPS) is 14.8. The predicted octanol–water partition coefficient (Wildman–Crippen LogP) is 4.10. The molecule has 1 aromatic carbocycles. The van der Waals surface area contributed by atoms with Gasteiger partial charge in [0, 0.05) is 56.4 Å². The summed E-state index contributed by atoms with van der Waals surface area (Å²) in [4.78, 5) is 34.6. The Morgan fingerprint density at radius 2 is 1.77 bits per heavy atom. The maximum atomic E-state index is 13.2.